The Morgan fingerprint density at radius 2 is 2.21 bits per heavy atom. The average molecular weight is 271 g/mol. The molecule has 0 aliphatic carbocycles. The number of nitrogens with zero attached hydrogens (tertiary/aromatic N) is 2. The normalized spacial score (nSPS) is 12.9. The van der Waals surface area contributed by atoms with Gasteiger partial charge in [0.25, 0.3) is 0 Å². The molecule has 98 valence electrons. The van der Waals surface area contributed by atoms with Crippen LogP contribution in [0.3, 0.4) is 0 Å². The van der Waals surface area contributed by atoms with Crippen molar-refractivity contribution in [3.05, 3.63) is 58.9 Å². The molecule has 0 fully saturated rings. The van der Waals surface area contributed by atoms with E-state index in [1.54, 1.807) is 11.3 Å². The quantitative estimate of drug-likeness (QED) is 0.786. The van der Waals surface area contributed by atoms with Crippen molar-refractivity contribution in [2.75, 3.05) is 0 Å². The number of benzene rings is 1. The van der Waals surface area contributed by atoms with E-state index in [1.807, 2.05) is 6.20 Å². The second-order valence-electron chi connectivity index (χ2n) is 4.78. The minimum Gasteiger partial charge on any atom is -0.304 e. The Bertz CT molecular complexity index is 655. The van der Waals surface area contributed by atoms with E-state index in [0.717, 1.165) is 17.2 Å². The molecular weight excluding hydrogens is 254 g/mol. The number of fused-ring (bicyclic) bond motifs is 1. The average Bonchev–Trinajstić information content (AvgIpc) is 2.97. The highest BCUT2D eigenvalue weighted by atomic mass is 32.1. The summed E-state index contributed by atoms with van der Waals surface area (Å²) in [5.74, 6) is 0. The minimum absolute atomic E-state index is 0.334. The third kappa shape index (κ3) is 2.55. The third-order valence-corrected chi connectivity index (χ3v) is 4.16. The van der Waals surface area contributed by atoms with Gasteiger partial charge >= 0.3 is 0 Å². The summed E-state index contributed by atoms with van der Waals surface area (Å²) in [6.07, 6.45) is 4.13. The van der Waals surface area contributed by atoms with Crippen molar-refractivity contribution >= 4 is 16.3 Å². The summed E-state index contributed by atoms with van der Waals surface area (Å²) in [5.41, 5.74) is 3.77. The van der Waals surface area contributed by atoms with Gasteiger partial charge < -0.3 is 5.32 Å². The van der Waals surface area contributed by atoms with Crippen LogP contribution in [0.2, 0.25) is 0 Å². The van der Waals surface area contributed by atoms with E-state index in [2.05, 4.69) is 64.4 Å². The largest absolute Gasteiger partial charge is 0.304 e. The molecule has 2 aromatic heterocycles. The molecule has 3 aromatic rings. The van der Waals surface area contributed by atoms with E-state index < -0.39 is 0 Å². The lowest BCUT2D eigenvalue weighted by Gasteiger charge is -2.15. The molecule has 0 saturated heterocycles. The molecule has 1 N–H and O–H groups in total. The summed E-state index contributed by atoms with van der Waals surface area (Å²) in [6, 6.07) is 8.84. The van der Waals surface area contributed by atoms with Crippen molar-refractivity contribution < 1.29 is 0 Å². The first-order chi connectivity index (χ1) is 9.24. The molecule has 0 radical (unpaired) electrons. The zero-order valence-corrected chi connectivity index (χ0v) is 11.9. The minimum atomic E-state index is 0.334. The highest BCUT2D eigenvalue weighted by Gasteiger charge is 2.08. The van der Waals surface area contributed by atoms with Crippen LogP contribution in [0.15, 0.2) is 42.0 Å². The monoisotopic (exact) mass is 271 g/mol. The fraction of sp³-hybridized carbons (Fsp3) is 0.267. The van der Waals surface area contributed by atoms with Crippen LogP contribution in [0.1, 0.15) is 29.8 Å². The molecule has 1 atom stereocenters. The molecule has 0 aliphatic heterocycles. The Balaban J connectivity index is 1.69. The zero-order valence-electron chi connectivity index (χ0n) is 11.1. The molecule has 3 nitrogen and oxygen atoms in total. The maximum atomic E-state index is 4.58. The molecule has 0 saturated carbocycles. The maximum absolute atomic E-state index is 4.58. The first kappa shape index (κ1) is 12.4. The highest BCUT2D eigenvalue weighted by molar-refractivity contribution is 7.15. The van der Waals surface area contributed by atoms with E-state index in [4.69, 9.17) is 0 Å². The lowest BCUT2D eigenvalue weighted by Crippen LogP contribution is -2.19. The van der Waals surface area contributed by atoms with Gasteiger partial charge in [0.05, 0.1) is 5.69 Å². The number of hydrogen-bond acceptors (Lipinski definition) is 3. The van der Waals surface area contributed by atoms with E-state index >= 15 is 0 Å². The predicted octanol–water partition coefficient (Wildman–Crippen LogP) is 3.56. The lowest BCUT2D eigenvalue weighted by atomic mass is 10.0. The molecular formula is C15H17N3S. The predicted molar refractivity (Wildman–Crippen MR) is 79.5 cm³/mol. The fourth-order valence-corrected chi connectivity index (χ4v) is 3.02. The van der Waals surface area contributed by atoms with Crippen LogP contribution in [0.25, 0.3) is 4.96 Å². The molecule has 0 aliphatic rings. The highest BCUT2D eigenvalue weighted by Crippen LogP contribution is 2.17. The van der Waals surface area contributed by atoms with Crippen molar-refractivity contribution in [3.63, 3.8) is 0 Å². The molecule has 1 aromatic carbocycles. The summed E-state index contributed by atoms with van der Waals surface area (Å²) in [6.45, 7) is 5.14. The standard InChI is InChI=1S/C15H17N3S/c1-11-5-3-4-6-14(11)12(2)16-9-13-10-18-7-8-19-15(18)17-13/h3-8,10,12,16H,9H2,1-2H3/t12-/m0/s1. The van der Waals surface area contributed by atoms with Crippen molar-refractivity contribution in [1.82, 2.24) is 14.7 Å². The van der Waals surface area contributed by atoms with Gasteiger partial charge in [-0.05, 0) is 25.0 Å². The number of thiazole rings is 1. The number of hydrogen-bond donors (Lipinski definition) is 1. The molecule has 0 amide bonds. The van der Waals surface area contributed by atoms with E-state index in [0.29, 0.717) is 6.04 Å². The van der Waals surface area contributed by atoms with E-state index in [1.165, 1.54) is 11.1 Å². The second-order valence-corrected chi connectivity index (χ2v) is 5.66. The molecule has 0 spiro atoms. The van der Waals surface area contributed by atoms with Crippen molar-refractivity contribution in [2.45, 2.75) is 26.4 Å². The van der Waals surface area contributed by atoms with Gasteiger partial charge in [0.2, 0.25) is 0 Å². The Hall–Kier alpha value is -1.65. The topological polar surface area (TPSA) is 29.3 Å². The number of imidazole rings is 1. The number of nitrogens with one attached hydrogen (secondary N) is 1. The van der Waals surface area contributed by atoms with Gasteiger partial charge in [-0.25, -0.2) is 4.98 Å². The fourth-order valence-electron chi connectivity index (χ4n) is 2.30. The lowest BCUT2D eigenvalue weighted by molar-refractivity contribution is 0.567. The van der Waals surface area contributed by atoms with E-state index in [-0.39, 0.29) is 0 Å². The van der Waals surface area contributed by atoms with Crippen LogP contribution in [-0.2, 0) is 6.54 Å². The summed E-state index contributed by atoms with van der Waals surface area (Å²) in [4.78, 5) is 5.64. The molecule has 0 unspecified atom stereocenters. The van der Waals surface area contributed by atoms with Gasteiger partial charge in [0.15, 0.2) is 4.96 Å². The van der Waals surface area contributed by atoms with Gasteiger partial charge in [-0.15, -0.1) is 11.3 Å². The Labute approximate surface area is 116 Å². The zero-order chi connectivity index (χ0) is 13.2. The Morgan fingerprint density at radius 1 is 1.37 bits per heavy atom. The Morgan fingerprint density at radius 3 is 3.00 bits per heavy atom. The van der Waals surface area contributed by atoms with Crippen molar-refractivity contribution in [1.29, 1.82) is 0 Å². The van der Waals surface area contributed by atoms with Gasteiger partial charge in [-0.3, -0.25) is 4.40 Å². The summed E-state index contributed by atoms with van der Waals surface area (Å²) in [7, 11) is 0. The maximum Gasteiger partial charge on any atom is 0.193 e. The van der Waals surface area contributed by atoms with Crippen LogP contribution in [0, 0.1) is 6.92 Å². The van der Waals surface area contributed by atoms with Crippen LogP contribution in [-0.4, -0.2) is 9.38 Å². The first-order valence-corrected chi connectivity index (χ1v) is 7.32. The van der Waals surface area contributed by atoms with E-state index in [9.17, 15) is 0 Å². The Kier molecular flexibility index (Phi) is 3.36. The van der Waals surface area contributed by atoms with Crippen LogP contribution in [0.5, 0.6) is 0 Å². The SMILES string of the molecule is Cc1ccccc1[C@H](C)NCc1cn2ccsc2n1. The van der Waals surface area contributed by atoms with Crippen molar-refractivity contribution in [3.8, 4) is 0 Å². The molecule has 0 bridgehead atoms. The van der Waals surface area contributed by atoms with Gasteiger partial charge in [0.1, 0.15) is 0 Å². The molecule has 2 heterocycles. The number of rotatable bonds is 4. The van der Waals surface area contributed by atoms with Crippen LogP contribution >= 0.6 is 11.3 Å². The van der Waals surface area contributed by atoms with Gasteiger partial charge in [-0.2, -0.15) is 0 Å². The van der Waals surface area contributed by atoms with Crippen molar-refractivity contribution in [2.24, 2.45) is 0 Å². The number of aromatic nitrogens is 2. The summed E-state index contributed by atoms with van der Waals surface area (Å²) in [5, 5.41) is 5.59. The number of aryl methyl sites for hydroxylation is 1. The summed E-state index contributed by atoms with van der Waals surface area (Å²) < 4.78 is 2.07. The van der Waals surface area contributed by atoms with Crippen LogP contribution < -0.4 is 5.32 Å². The molecule has 19 heavy (non-hydrogen) atoms. The smallest absolute Gasteiger partial charge is 0.193 e. The first-order valence-electron chi connectivity index (χ1n) is 6.44. The van der Waals surface area contributed by atoms with Gasteiger partial charge in [0, 0.05) is 30.4 Å². The second kappa shape index (κ2) is 5.15. The molecule has 4 heteroatoms. The van der Waals surface area contributed by atoms with Crippen LogP contribution in [0.4, 0.5) is 0 Å². The molecule has 3 rings (SSSR count). The third-order valence-electron chi connectivity index (χ3n) is 3.39. The summed E-state index contributed by atoms with van der Waals surface area (Å²) >= 11 is 1.67. The van der Waals surface area contributed by atoms with Gasteiger partial charge in [-0.1, -0.05) is 24.3 Å².